The van der Waals surface area contributed by atoms with Crippen molar-refractivity contribution in [2.24, 2.45) is 0 Å². The van der Waals surface area contributed by atoms with Crippen LogP contribution in [0.3, 0.4) is 0 Å². The van der Waals surface area contributed by atoms with Gasteiger partial charge in [0.1, 0.15) is 11.3 Å². The third-order valence-corrected chi connectivity index (χ3v) is 6.11. The maximum atomic E-state index is 10.8. The summed E-state index contributed by atoms with van der Waals surface area (Å²) in [6.07, 6.45) is 6.41. The molecular weight excluding hydrogens is 348 g/mol. The Bertz CT molecular complexity index is 970. The summed E-state index contributed by atoms with van der Waals surface area (Å²) in [5.41, 5.74) is 5.57. The molecule has 4 nitrogen and oxygen atoms in total. The molecule has 1 saturated heterocycles. The SMILES string of the molecule is Oc1c(CN2CCCC2)cc(COC2Cc3ccccc3C2)c2cccnc12. The highest BCUT2D eigenvalue weighted by Gasteiger charge is 2.23. The Morgan fingerprint density at radius 1 is 1.00 bits per heavy atom. The van der Waals surface area contributed by atoms with Gasteiger partial charge in [-0.3, -0.25) is 9.88 Å². The third kappa shape index (κ3) is 3.38. The van der Waals surface area contributed by atoms with Gasteiger partial charge in [-0.15, -0.1) is 0 Å². The van der Waals surface area contributed by atoms with Crippen LogP contribution in [0, 0.1) is 0 Å². The molecule has 1 aliphatic heterocycles. The number of benzene rings is 2. The molecular formula is C24H26N2O2. The Hall–Kier alpha value is -2.43. The van der Waals surface area contributed by atoms with Crippen LogP contribution in [0.4, 0.5) is 0 Å². The van der Waals surface area contributed by atoms with Gasteiger partial charge in [0.15, 0.2) is 0 Å². The van der Waals surface area contributed by atoms with Crippen LogP contribution in [0.15, 0.2) is 48.7 Å². The second kappa shape index (κ2) is 7.53. The van der Waals surface area contributed by atoms with Crippen LogP contribution in [-0.4, -0.2) is 34.2 Å². The zero-order valence-corrected chi connectivity index (χ0v) is 16.1. The summed E-state index contributed by atoms with van der Waals surface area (Å²) in [6.45, 7) is 3.53. The van der Waals surface area contributed by atoms with E-state index in [1.165, 1.54) is 24.0 Å². The first kappa shape index (κ1) is 17.7. The first-order chi connectivity index (χ1) is 13.8. The minimum Gasteiger partial charge on any atom is -0.505 e. The number of aromatic nitrogens is 1. The van der Waals surface area contributed by atoms with E-state index in [1.54, 1.807) is 6.20 Å². The Morgan fingerprint density at radius 2 is 1.75 bits per heavy atom. The standard InChI is InChI=1S/C24H26N2O2/c27-24-19(15-26-10-3-4-11-26)12-20(22-8-5-9-25-23(22)24)16-28-21-13-17-6-1-2-7-18(17)14-21/h1-2,5-9,12,21,27H,3-4,10-11,13-16H2. The number of ether oxygens (including phenoxy) is 1. The Morgan fingerprint density at radius 3 is 2.50 bits per heavy atom. The fraction of sp³-hybridized carbons (Fsp3) is 0.375. The minimum absolute atomic E-state index is 0.222. The van der Waals surface area contributed by atoms with Crippen molar-refractivity contribution in [2.75, 3.05) is 13.1 Å². The Balaban J connectivity index is 1.39. The number of phenolic OH excluding ortho intramolecular Hbond substituents is 1. The summed E-state index contributed by atoms with van der Waals surface area (Å²) in [5, 5.41) is 11.8. The van der Waals surface area contributed by atoms with Crippen LogP contribution in [0.2, 0.25) is 0 Å². The van der Waals surface area contributed by atoms with Gasteiger partial charge in [0, 0.05) is 23.7 Å². The van der Waals surface area contributed by atoms with E-state index in [9.17, 15) is 5.11 Å². The molecule has 1 aliphatic carbocycles. The van der Waals surface area contributed by atoms with Gasteiger partial charge in [-0.2, -0.15) is 0 Å². The van der Waals surface area contributed by atoms with Crippen molar-refractivity contribution in [3.05, 3.63) is 70.9 Å². The number of hydrogen-bond acceptors (Lipinski definition) is 4. The molecule has 0 atom stereocenters. The lowest BCUT2D eigenvalue weighted by atomic mass is 10.0. The third-order valence-electron chi connectivity index (χ3n) is 6.11. The molecule has 2 heterocycles. The van der Waals surface area contributed by atoms with Gasteiger partial charge < -0.3 is 9.84 Å². The zero-order valence-electron chi connectivity index (χ0n) is 16.1. The van der Waals surface area contributed by atoms with Crippen LogP contribution in [0.1, 0.15) is 35.1 Å². The van der Waals surface area contributed by atoms with E-state index in [-0.39, 0.29) is 6.10 Å². The van der Waals surface area contributed by atoms with Crippen molar-refractivity contribution in [3.8, 4) is 5.75 Å². The van der Waals surface area contributed by atoms with Crippen molar-refractivity contribution in [3.63, 3.8) is 0 Å². The largest absolute Gasteiger partial charge is 0.505 e. The summed E-state index contributed by atoms with van der Waals surface area (Å²) in [5.74, 6) is 0.319. The van der Waals surface area contributed by atoms with Gasteiger partial charge in [0.25, 0.3) is 0 Å². The lowest BCUT2D eigenvalue weighted by molar-refractivity contribution is 0.0485. The van der Waals surface area contributed by atoms with E-state index in [1.807, 2.05) is 12.1 Å². The first-order valence-corrected chi connectivity index (χ1v) is 10.3. The second-order valence-electron chi connectivity index (χ2n) is 8.04. The van der Waals surface area contributed by atoms with Crippen molar-refractivity contribution < 1.29 is 9.84 Å². The van der Waals surface area contributed by atoms with E-state index in [2.05, 4.69) is 40.2 Å². The quantitative estimate of drug-likeness (QED) is 0.726. The van der Waals surface area contributed by atoms with Crippen molar-refractivity contribution in [2.45, 2.75) is 44.9 Å². The number of phenols is 1. The predicted molar refractivity (Wildman–Crippen MR) is 110 cm³/mol. The lowest BCUT2D eigenvalue weighted by Gasteiger charge is -2.19. The molecule has 0 bridgehead atoms. The summed E-state index contributed by atoms with van der Waals surface area (Å²) in [6, 6.07) is 14.7. The predicted octanol–water partition coefficient (Wildman–Crippen LogP) is 4.22. The summed E-state index contributed by atoms with van der Waals surface area (Å²) in [4.78, 5) is 6.87. The van der Waals surface area contributed by atoms with Crippen LogP contribution in [0.25, 0.3) is 10.9 Å². The Kier molecular flexibility index (Phi) is 4.75. The maximum Gasteiger partial charge on any atom is 0.146 e. The molecule has 0 amide bonds. The molecule has 2 aromatic carbocycles. The first-order valence-electron chi connectivity index (χ1n) is 10.3. The van der Waals surface area contributed by atoms with Crippen LogP contribution in [0.5, 0.6) is 5.75 Å². The van der Waals surface area contributed by atoms with Crippen LogP contribution >= 0.6 is 0 Å². The minimum atomic E-state index is 0.222. The van der Waals surface area contributed by atoms with E-state index >= 15 is 0 Å². The summed E-state index contributed by atoms with van der Waals surface area (Å²) in [7, 11) is 0. The monoisotopic (exact) mass is 374 g/mol. The van der Waals surface area contributed by atoms with Gasteiger partial charge >= 0.3 is 0 Å². The number of aromatic hydroxyl groups is 1. The van der Waals surface area contributed by atoms with Gasteiger partial charge in [-0.1, -0.05) is 30.3 Å². The molecule has 4 heteroatoms. The summed E-state index contributed by atoms with van der Waals surface area (Å²) < 4.78 is 6.32. The molecule has 1 fully saturated rings. The topological polar surface area (TPSA) is 45.6 Å². The second-order valence-corrected chi connectivity index (χ2v) is 8.04. The van der Waals surface area contributed by atoms with E-state index < -0.39 is 0 Å². The van der Waals surface area contributed by atoms with Gasteiger partial charge in [-0.05, 0) is 67.6 Å². The van der Waals surface area contributed by atoms with Gasteiger partial charge in [0.05, 0.1) is 12.7 Å². The molecule has 0 saturated carbocycles. The molecule has 3 aromatic rings. The van der Waals surface area contributed by atoms with Crippen LogP contribution < -0.4 is 0 Å². The van der Waals surface area contributed by atoms with Crippen LogP contribution in [-0.2, 0) is 30.7 Å². The highest BCUT2D eigenvalue weighted by molar-refractivity contribution is 5.88. The number of pyridine rings is 1. The molecule has 0 radical (unpaired) electrons. The average Bonchev–Trinajstić information content (AvgIpc) is 3.38. The normalized spacial score (nSPS) is 17.4. The number of likely N-dealkylation sites (tertiary alicyclic amines) is 1. The lowest BCUT2D eigenvalue weighted by Crippen LogP contribution is -2.19. The number of fused-ring (bicyclic) bond motifs is 2. The van der Waals surface area contributed by atoms with E-state index in [0.29, 0.717) is 17.9 Å². The average molecular weight is 374 g/mol. The van der Waals surface area contributed by atoms with Crippen molar-refractivity contribution >= 4 is 10.9 Å². The van der Waals surface area contributed by atoms with Gasteiger partial charge in [0.2, 0.25) is 0 Å². The fourth-order valence-electron chi connectivity index (χ4n) is 4.63. The van der Waals surface area contributed by atoms with E-state index in [4.69, 9.17) is 4.74 Å². The Labute approximate surface area is 165 Å². The molecule has 1 aromatic heterocycles. The molecule has 0 spiro atoms. The van der Waals surface area contributed by atoms with Crippen molar-refractivity contribution in [1.82, 2.24) is 9.88 Å². The van der Waals surface area contributed by atoms with Crippen molar-refractivity contribution in [1.29, 1.82) is 0 Å². The molecule has 28 heavy (non-hydrogen) atoms. The number of rotatable bonds is 5. The fourth-order valence-corrected chi connectivity index (χ4v) is 4.63. The number of hydrogen-bond donors (Lipinski definition) is 1. The smallest absolute Gasteiger partial charge is 0.146 e. The molecule has 1 N–H and O–H groups in total. The molecule has 144 valence electrons. The molecule has 2 aliphatic rings. The maximum absolute atomic E-state index is 10.8. The highest BCUT2D eigenvalue weighted by atomic mass is 16.5. The highest BCUT2D eigenvalue weighted by Crippen LogP contribution is 2.33. The summed E-state index contributed by atoms with van der Waals surface area (Å²) >= 11 is 0. The zero-order chi connectivity index (χ0) is 18.9. The van der Waals surface area contributed by atoms with E-state index in [0.717, 1.165) is 49.0 Å². The molecule has 0 unspecified atom stereocenters. The molecule has 5 rings (SSSR count). The number of nitrogens with zero attached hydrogens (tertiary/aromatic N) is 2. The van der Waals surface area contributed by atoms with Gasteiger partial charge in [-0.25, -0.2) is 0 Å².